The molecule has 2 N–H and O–H groups in total. The van der Waals surface area contributed by atoms with Gasteiger partial charge in [0.25, 0.3) is 0 Å². The number of hydrogen-bond donors (Lipinski definition) is 2. The first kappa shape index (κ1) is 16.7. The molecule has 0 bridgehead atoms. The summed E-state index contributed by atoms with van der Waals surface area (Å²) in [6, 6.07) is 0. The van der Waals surface area contributed by atoms with Gasteiger partial charge in [-0.15, -0.1) is 0 Å². The van der Waals surface area contributed by atoms with Gasteiger partial charge in [-0.2, -0.15) is 13.2 Å². The van der Waals surface area contributed by atoms with E-state index in [4.69, 9.17) is 9.84 Å². The number of alkyl halides is 3. The highest BCUT2D eigenvalue weighted by Gasteiger charge is 2.58. The summed E-state index contributed by atoms with van der Waals surface area (Å²) >= 11 is 0. The molecule has 0 aromatic rings. The molecule has 1 fully saturated rings. The molecule has 0 aromatic carbocycles. The minimum Gasteiger partial charge on any atom is -0.479 e. The Balaban J connectivity index is 2.51. The summed E-state index contributed by atoms with van der Waals surface area (Å²) in [4.78, 5) is 22.3. The van der Waals surface area contributed by atoms with E-state index < -0.39 is 23.6 Å². The standard InChI is InChI=1S/C12H18F3NO4/c1-3-20-8-4-7(5-8)6-9(17)16-11(2,10(18)19)12(13,14)15/h7-8H,3-6H2,1-2H3,(H,16,17)(H,18,19). The lowest BCUT2D eigenvalue weighted by Crippen LogP contribution is -2.62. The third kappa shape index (κ3) is 3.62. The molecule has 0 radical (unpaired) electrons. The molecule has 1 saturated carbocycles. The predicted molar refractivity (Wildman–Crippen MR) is 63.0 cm³/mol. The Kier molecular flexibility index (Phi) is 5.01. The lowest BCUT2D eigenvalue weighted by Gasteiger charge is -2.35. The van der Waals surface area contributed by atoms with Gasteiger partial charge >= 0.3 is 12.1 Å². The zero-order valence-corrected chi connectivity index (χ0v) is 11.3. The molecule has 0 heterocycles. The number of carboxylic acids is 1. The van der Waals surface area contributed by atoms with Crippen LogP contribution in [-0.2, 0) is 14.3 Å². The Bertz CT molecular complexity index is 379. The molecule has 1 atom stereocenters. The van der Waals surface area contributed by atoms with E-state index in [0.29, 0.717) is 26.4 Å². The first-order valence-electron chi connectivity index (χ1n) is 6.33. The summed E-state index contributed by atoms with van der Waals surface area (Å²) < 4.78 is 43.4. The van der Waals surface area contributed by atoms with Gasteiger partial charge in [-0.05, 0) is 32.6 Å². The SMILES string of the molecule is CCOC1CC(CC(=O)NC(C)(C(=O)O)C(F)(F)F)C1. The molecular weight excluding hydrogens is 279 g/mol. The summed E-state index contributed by atoms with van der Waals surface area (Å²) in [5.41, 5.74) is -3.26. The zero-order chi connectivity index (χ0) is 15.6. The van der Waals surface area contributed by atoms with E-state index in [9.17, 15) is 22.8 Å². The van der Waals surface area contributed by atoms with Crippen LogP contribution >= 0.6 is 0 Å². The average Bonchev–Trinajstić information content (AvgIpc) is 2.24. The topological polar surface area (TPSA) is 75.6 Å². The van der Waals surface area contributed by atoms with Gasteiger partial charge in [0.05, 0.1) is 6.10 Å². The Morgan fingerprint density at radius 3 is 2.30 bits per heavy atom. The number of carboxylic acid groups (broad SMARTS) is 1. The van der Waals surface area contributed by atoms with E-state index in [0.717, 1.165) is 0 Å². The van der Waals surface area contributed by atoms with Gasteiger partial charge in [0, 0.05) is 13.0 Å². The van der Waals surface area contributed by atoms with Crippen molar-refractivity contribution < 1.29 is 32.6 Å². The molecular formula is C12H18F3NO4. The predicted octanol–water partition coefficient (Wildman–Crippen LogP) is 1.71. The summed E-state index contributed by atoms with van der Waals surface area (Å²) in [5, 5.41) is 10.3. The van der Waals surface area contributed by atoms with Gasteiger partial charge in [-0.1, -0.05) is 0 Å². The van der Waals surface area contributed by atoms with Crippen LogP contribution in [-0.4, -0.2) is 41.4 Å². The summed E-state index contributed by atoms with van der Waals surface area (Å²) in [7, 11) is 0. The molecule has 20 heavy (non-hydrogen) atoms. The van der Waals surface area contributed by atoms with Crippen molar-refractivity contribution in [3.63, 3.8) is 0 Å². The summed E-state index contributed by atoms with van der Waals surface area (Å²) in [6.07, 6.45) is -3.91. The van der Waals surface area contributed by atoms with E-state index >= 15 is 0 Å². The van der Waals surface area contributed by atoms with E-state index in [1.165, 1.54) is 0 Å². The van der Waals surface area contributed by atoms with Crippen molar-refractivity contribution >= 4 is 11.9 Å². The number of aliphatic carboxylic acids is 1. The number of rotatable bonds is 6. The molecule has 0 aromatic heterocycles. The third-order valence-corrected chi connectivity index (χ3v) is 3.45. The average molecular weight is 297 g/mol. The van der Waals surface area contributed by atoms with Gasteiger partial charge in [-0.3, -0.25) is 4.79 Å². The van der Waals surface area contributed by atoms with Crippen LogP contribution in [0.5, 0.6) is 0 Å². The Hall–Kier alpha value is -1.31. The first-order chi connectivity index (χ1) is 9.10. The van der Waals surface area contributed by atoms with Gasteiger partial charge in [0.15, 0.2) is 0 Å². The minimum absolute atomic E-state index is 0.0475. The van der Waals surface area contributed by atoms with Gasteiger partial charge in [0.2, 0.25) is 11.4 Å². The van der Waals surface area contributed by atoms with Crippen LogP contribution in [0.4, 0.5) is 13.2 Å². The lowest BCUT2D eigenvalue weighted by molar-refractivity contribution is -0.207. The van der Waals surface area contributed by atoms with Crippen molar-refractivity contribution in [2.75, 3.05) is 6.61 Å². The highest BCUT2D eigenvalue weighted by Crippen LogP contribution is 2.34. The first-order valence-corrected chi connectivity index (χ1v) is 6.33. The molecule has 1 aliphatic carbocycles. The van der Waals surface area contributed by atoms with Crippen LogP contribution in [0.2, 0.25) is 0 Å². The number of nitrogens with one attached hydrogen (secondary N) is 1. The maximum atomic E-state index is 12.7. The second-order valence-electron chi connectivity index (χ2n) is 5.09. The third-order valence-electron chi connectivity index (χ3n) is 3.45. The molecule has 8 heteroatoms. The molecule has 1 amide bonds. The van der Waals surface area contributed by atoms with Crippen LogP contribution in [0.25, 0.3) is 0 Å². The normalized spacial score (nSPS) is 25.4. The summed E-state index contributed by atoms with van der Waals surface area (Å²) in [5.74, 6) is -3.09. The number of hydrogen-bond acceptors (Lipinski definition) is 3. The van der Waals surface area contributed by atoms with Crippen LogP contribution < -0.4 is 5.32 Å². The van der Waals surface area contributed by atoms with Gasteiger partial charge in [-0.25, -0.2) is 4.79 Å². The van der Waals surface area contributed by atoms with Crippen molar-refractivity contribution in [2.24, 2.45) is 5.92 Å². The number of ether oxygens (including phenoxy) is 1. The maximum absolute atomic E-state index is 12.7. The Morgan fingerprint density at radius 2 is 1.90 bits per heavy atom. The van der Waals surface area contributed by atoms with E-state index in [1.54, 1.807) is 5.32 Å². The molecule has 1 unspecified atom stereocenters. The van der Waals surface area contributed by atoms with Crippen molar-refractivity contribution in [1.82, 2.24) is 5.32 Å². The summed E-state index contributed by atoms with van der Waals surface area (Å²) in [6.45, 7) is 2.83. The van der Waals surface area contributed by atoms with E-state index in [-0.39, 0.29) is 18.4 Å². The largest absolute Gasteiger partial charge is 0.479 e. The zero-order valence-electron chi connectivity index (χ0n) is 11.3. The van der Waals surface area contributed by atoms with Crippen molar-refractivity contribution in [2.45, 2.75) is 50.9 Å². The Labute approximate surface area is 114 Å². The molecule has 1 aliphatic rings. The van der Waals surface area contributed by atoms with Gasteiger partial charge in [0.1, 0.15) is 0 Å². The quantitative estimate of drug-likeness (QED) is 0.782. The highest BCUT2D eigenvalue weighted by atomic mass is 19.4. The molecule has 1 rings (SSSR count). The van der Waals surface area contributed by atoms with Crippen LogP contribution in [0, 0.1) is 5.92 Å². The molecule has 0 spiro atoms. The van der Waals surface area contributed by atoms with E-state index in [2.05, 4.69) is 0 Å². The van der Waals surface area contributed by atoms with Crippen molar-refractivity contribution in [1.29, 1.82) is 0 Å². The maximum Gasteiger partial charge on any atom is 0.422 e. The second kappa shape index (κ2) is 5.99. The number of halogens is 3. The van der Waals surface area contributed by atoms with Crippen molar-refractivity contribution in [3.05, 3.63) is 0 Å². The Morgan fingerprint density at radius 1 is 1.35 bits per heavy atom. The molecule has 0 aliphatic heterocycles. The molecule has 116 valence electrons. The van der Waals surface area contributed by atoms with Crippen LogP contribution in [0.3, 0.4) is 0 Å². The molecule has 5 nitrogen and oxygen atoms in total. The smallest absolute Gasteiger partial charge is 0.422 e. The van der Waals surface area contributed by atoms with Crippen LogP contribution in [0.1, 0.15) is 33.1 Å². The minimum atomic E-state index is -5.05. The molecule has 0 saturated heterocycles. The fraction of sp³-hybridized carbons (Fsp3) is 0.833. The number of carbonyl (C=O) groups is 2. The highest BCUT2D eigenvalue weighted by molar-refractivity contribution is 5.87. The fourth-order valence-corrected chi connectivity index (χ4v) is 2.05. The van der Waals surface area contributed by atoms with Gasteiger partial charge < -0.3 is 15.2 Å². The van der Waals surface area contributed by atoms with Crippen LogP contribution in [0.15, 0.2) is 0 Å². The fourth-order valence-electron chi connectivity index (χ4n) is 2.05. The van der Waals surface area contributed by atoms with Crippen molar-refractivity contribution in [3.8, 4) is 0 Å². The monoisotopic (exact) mass is 297 g/mol. The second-order valence-corrected chi connectivity index (χ2v) is 5.09. The number of carbonyl (C=O) groups excluding carboxylic acids is 1. The lowest BCUT2D eigenvalue weighted by atomic mass is 9.79. The number of amides is 1. The van der Waals surface area contributed by atoms with E-state index in [1.807, 2.05) is 6.92 Å².